The van der Waals surface area contributed by atoms with E-state index in [2.05, 4.69) is 4.72 Å². The molecule has 32 heavy (non-hydrogen) atoms. The Balaban J connectivity index is 1.87. The van der Waals surface area contributed by atoms with Crippen molar-refractivity contribution in [2.75, 3.05) is 12.8 Å². The van der Waals surface area contributed by atoms with E-state index in [4.69, 9.17) is 0 Å². The van der Waals surface area contributed by atoms with Crippen molar-refractivity contribution in [3.63, 3.8) is 0 Å². The Hall–Kier alpha value is -3.04. The van der Waals surface area contributed by atoms with Crippen LogP contribution >= 0.6 is 0 Å². The highest BCUT2D eigenvalue weighted by Gasteiger charge is 2.48. The zero-order chi connectivity index (χ0) is 23.3. The summed E-state index contributed by atoms with van der Waals surface area (Å²) < 4.78 is 53.8. The Morgan fingerprint density at radius 1 is 1.25 bits per heavy atom. The maximum atomic E-state index is 14.2. The summed E-state index contributed by atoms with van der Waals surface area (Å²) in [5, 5.41) is 11.5. The lowest BCUT2D eigenvalue weighted by Gasteiger charge is -2.40. The lowest BCUT2D eigenvalue weighted by atomic mass is 9.82. The molecular weight excluding hydrogens is 438 g/mol. The summed E-state index contributed by atoms with van der Waals surface area (Å²) in [6.45, 7) is 1.63. The van der Waals surface area contributed by atoms with Crippen LogP contribution in [-0.4, -0.2) is 42.7 Å². The first-order chi connectivity index (χ1) is 15.0. The first kappa shape index (κ1) is 22.2. The van der Waals surface area contributed by atoms with Gasteiger partial charge in [0.15, 0.2) is 0 Å². The molecule has 6 nitrogen and oxygen atoms in total. The minimum Gasteiger partial charge on any atom is -0.477 e. The van der Waals surface area contributed by atoms with Crippen molar-refractivity contribution in [2.24, 2.45) is 0 Å². The maximum absolute atomic E-state index is 14.2. The predicted molar refractivity (Wildman–Crippen MR) is 117 cm³/mol. The summed E-state index contributed by atoms with van der Waals surface area (Å²) in [5.41, 5.74) is 0.311. The second-order valence-electron chi connectivity index (χ2n) is 8.22. The summed E-state index contributed by atoms with van der Waals surface area (Å²) in [7, 11) is -3.61. The second kappa shape index (κ2) is 7.83. The van der Waals surface area contributed by atoms with Gasteiger partial charge < -0.3 is 10.0 Å². The van der Waals surface area contributed by atoms with Crippen molar-refractivity contribution in [1.82, 2.24) is 9.62 Å². The fourth-order valence-electron chi connectivity index (χ4n) is 4.46. The number of nitrogens with one attached hydrogen (secondary N) is 1. The zero-order valence-electron chi connectivity index (χ0n) is 17.5. The summed E-state index contributed by atoms with van der Waals surface area (Å²) in [6, 6.07) is 9.84. The van der Waals surface area contributed by atoms with Crippen molar-refractivity contribution < 1.29 is 27.1 Å². The Morgan fingerprint density at radius 3 is 2.69 bits per heavy atom. The molecule has 4 rings (SSSR count). The molecule has 168 valence electrons. The number of sulfonamides is 1. The number of halogens is 2. The van der Waals surface area contributed by atoms with Gasteiger partial charge in [-0.3, -0.25) is 0 Å². The molecule has 2 aliphatic rings. The van der Waals surface area contributed by atoms with Gasteiger partial charge in [-0.2, -0.15) is 0 Å². The van der Waals surface area contributed by atoms with Gasteiger partial charge in [0.2, 0.25) is 10.0 Å². The summed E-state index contributed by atoms with van der Waals surface area (Å²) in [5.74, 6) is -2.17. The number of allylic oxidation sites excluding steroid dienone is 2. The van der Waals surface area contributed by atoms with Gasteiger partial charge in [-0.25, -0.2) is 26.7 Å². The van der Waals surface area contributed by atoms with E-state index in [9.17, 15) is 27.1 Å². The molecule has 1 aliphatic carbocycles. The molecule has 2 N–H and O–H groups in total. The van der Waals surface area contributed by atoms with Crippen LogP contribution in [0.15, 0.2) is 71.2 Å². The third-order valence-electron chi connectivity index (χ3n) is 6.01. The van der Waals surface area contributed by atoms with E-state index in [1.165, 1.54) is 24.3 Å². The smallest absolute Gasteiger partial charge is 0.352 e. The van der Waals surface area contributed by atoms with Crippen LogP contribution in [0.1, 0.15) is 18.9 Å². The topological polar surface area (TPSA) is 86.7 Å². The van der Waals surface area contributed by atoms with Gasteiger partial charge in [0.25, 0.3) is 0 Å². The van der Waals surface area contributed by atoms with Gasteiger partial charge in [0, 0.05) is 18.7 Å². The Labute approximate surface area is 184 Å². The molecule has 1 unspecified atom stereocenters. The van der Waals surface area contributed by atoms with Crippen molar-refractivity contribution in [3.05, 3.63) is 82.6 Å². The Morgan fingerprint density at radius 2 is 2.00 bits per heavy atom. The van der Waals surface area contributed by atoms with E-state index in [1.54, 1.807) is 30.0 Å². The van der Waals surface area contributed by atoms with Crippen LogP contribution < -0.4 is 4.72 Å². The third-order valence-corrected chi connectivity index (χ3v) is 6.68. The first-order valence-electron chi connectivity index (χ1n) is 9.94. The largest absolute Gasteiger partial charge is 0.477 e. The molecule has 0 bridgehead atoms. The number of carbonyl (C=O) groups is 1. The van der Waals surface area contributed by atoms with E-state index in [1.807, 2.05) is 6.07 Å². The van der Waals surface area contributed by atoms with E-state index in [0.717, 1.165) is 11.6 Å². The highest BCUT2D eigenvalue weighted by Crippen LogP contribution is 2.48. The van der Waals surface area contributed by atoms with Gasteiger partial charge >= 0.3 is 5.97 Å². The number of benzene rings is 2. The average molecular weight is 461 g/mol. The van der Waals surface area contributed by atoms with Crippen LogP contribution in [0.25, 0.3) is 10.8 Å². The van der Waals surface area contributed by atoms with E-state index >= 15 is 0 Å². The Bertz CT molecular complexity index is 1330. The minimum absolute atomic E-state index is 0.105. The molecule has 0 fully saturated rings. The number of carboxylic acids is 1. The molecule has 1 atom stereocenters. The summed E-state index contributed by atoms with van der Waals surface area (Å²) in [4.78, 5) is 14.0. The maximum Gasteiger partial charge on any atom is 0.352 e. The average Bonchev–Trinajstić information content (AvgIpc) is 2.94. The molecule has 2 aromatic rings. The fraction of sp³-hybridized carbons (Fsp3) is 0.261. The molecule has 2 aromatic carbocycles. The van der Waals surface area contributed by atoms with Gasteiger partial charge in [0.1, 0.15) is 17.3 Å². The van der Waals surface area contributed by atoms with Gasteiger partial charge in [-0.05, 0) is 59.5 Å². The summed E-state index contributed by atoms with van der Waals surface area (Å²) in [6.07, 6.45) is 3.81. The third kappa shape index (κ3) is 3.93. The van der Waals surface area contributed by atoms with Crippen molar-refractivity contribution in [1.29, 1.82) is 0 Å². The van der Waals surface area contributed by atoms with Crippen LogP contribution in [0.4, 0.5) is 8.78 Å². The molecular formula is C23H22F2N2O4S. The molecule has 1 aliphatic heterocycles. The van der Waals surface area contributed by atoms with Crippen LogP contribution in [0.3, 0.4) is 0 Å². The number of nitrogens with zero attached hydrogens (tertiary/aromatic N) is 1. The summed E-state index contributed by atoms with van der Waals surface area (Å²) >= 11 is 0. The monoisotopic (exact) mass is 460 g/mol. The molecule has 0 amide bonds. The fourth-order valence-corrected chi connectivity index (χ4v) is 4.87. The Kier molecular flexibility index (Phi) is 5.42. The van der Waals surface area contributed by atoms with Crippen LogP contribution in [0.5, 0.6) is 0 Å². The first-order valence-corrected chi connectivity index (χ1v) is 11.8. The molecule has 9 heteroatoms. The van der Waals surface area contributed by atoms with Gasteiger partial charge in [-0.1, -0.05) is 24.3 Å². The van der Waals surface area contributed by atoms with E-state index in [-0.39, 0.29) is 30.8 Å². The molecule has 0 saturated heterocycles. The van der Waals surface area contributed by atoms with Crippen LogP contribution in [0, 0.1) is 5.82 Å². The predicted octanol–water partition coefficient (Wildman–Crippen LogP) is 3.62. The van der Waals surface area contributed by atoms with E-state index in [0.29, 0.717) is 16.5 Å². The lowest BCUT2D eigenvalue weighted by molar-refractivity contribution is -0.135. The highest BCUT2D eigenvalue weighted by atomic mass is 32.2. The zero-order valence-corrected chi connectivity index (χ0v) is 18.3. The number of rotatable bonds is 6. The number of hydrogen-bond donors (Lipinski definition) is 2. The number of fused-ring (bicyclic) bond motifs is 2. The molecule has 0 aromatic heterocycles. The molecule has 0 saturated carbocycles. The van der Waals surface area contributed by atoms with Crippen LogP contribution in [0.2, 0.25) is 0 Å². The van der Waals surface area contributed by atoms with Crippen molar-refractivity contribution >= 4 is 26.8 Å². The standard InChI is InChI=1S/C23H22F2N2O4S/c1-23-9-8-17(25)11-20(23)19(12-26-32(2,30)31)21(22(28)29)27(23)13-15-5-3-4-14-6-7-16(24)10-18(14)15/h3-8,10-11,26H,9,12-13H2,1-2H3,(H,28,29). The van der Waals surface area contributed by atoms with Crippen LogP contribution in [-0.2, 0) is 21.4 Å². The lowest BCUT2D eigenvalue weighted by Crippen LogP contribution is -2.44. The number of carboxylic acid groups (broad SMARTS) is 1. The van der Waals surface area contributed by atoms with E-state index < -0.39 is 33.2 Å². The molecule has 1 heterocycles. The normalized spacial score (nSPS) is 20.9. The van der Waals surface area contributed by atoms with Gasteiger partial charge in [0.05, 0.1) is 11.8 Å². The number of hydrogen-bond acceptors (Lipinski definition) is 4. The van der Waals surface area contributed by atoms with Crippen molar-refractivity contribution in [2.45, 2.75) is 25.4 Å². The SMILES string of the molecule is CC12CC=C(F)C=C1C(CNS(C)(=O)=O)=C(C(=O)O)N2Cc1cccc2ccc(F)cc12. The molecule has 0 spiro atoms. The second-order valence-corrected chi connectivity index (χ2v) is 10.1. The quantitative estimate of drug-likeness (QED) is 0.688. The highest BCUT2D eigenvalue weighted by molar-refractivity contribution is 7.88. The van der Waals surface area contributed by atoms with Gasteiger partial charge in [-0.15, -0.1) is 0 Å². The minimum atomic E-state index is -3.61. The van der Waals surface area contributed by atoms with Crippen molar-refractivity contribution in [3.8, 4) is 0 Å². The molecule has 0 radical (unpaired) electrons. The number of aliphatic carboxylic acids is 1.